The molecule has 0 aliphatic heterocycles. The molecular weight excluding hydrogens is 322 g/mol. The van der Waals surface area contributed by atoms with Gasteiger partial charge in [0.15, 0.2) is 11.2 Å². The maximum Gasteiger partial charge on any atom is 0.247 e. The Bertz CT molecular complexity index is 931. The number of nitrogens with two attached hydrogens (primary N) is 1. The normalized spacial score (nSPS) is 10.4. The summed E-state index contributed by atoms with van der Waals surface area (Å²) in [5.41, 5.74) is 1.55. The lowest BCUT2D eigenvalue weighted by Gasteiger charge is -2.08. The zero-order valence-electron chi connectivity index (χ0n) is 13.2. The monoisotopic (exact) mass is 337 g/mol. The molecule has 0 aliphatic carbocycles. The number of hydrogen-bond acceptors (Lipinski definition) is 7. The molecule has 1 aromatic carbocycles. The van der Waals surface area contributed by atoms with Crippen LogP contribution in [-0.4, -0.2) is 32.1 Å². The fourth-order valence-corrected chi connectivity index (χ4v) is 2.19. The fraction of sp³-hybridized carbons (Fsp3) is 0.188. The summed E-state index contributed by atoms with van der Waals surface area (Å²) in [6, 6.07) is 11.3. The number of hydrogen-bond donors (Lipinski definition) is 2. The van der Waals surface area contributed by atoms with Crippen LogP contribution in [0.2, 0.25) is 0 Å². The number of nitrogens with zero attached hydrogens (tertiary/aromatic N) is 5. The van der Waals surface area contributed by atoms with Crippen LogP contribution in [0.4, 0.5) is 5.95 Å². The molecule has 9 heteroatoms. The third-order valence-corrected chi connectivity index (χ3v) is 3.30. The van der Waals surface area contributed by atoms with Crippen molar-refractivity contribution < 1.29 is 9.53 Å². The van der Waals surface area contributed by atoms with E-state index >= 15 is 0 Å². The number of aromatic nitrogens is 4. The molecule has 0 atom stereocenters. The molecule has 3 aromatic rings. The van der Waals surface area contributed by atoms with Crippen molar-refractivity contribution in [1.29, 1.82) is 5.26 Å². The number of imidazole rings is 1. The number of fused-ring (bicyclic) bond motifs is 1. The molecule has 2 heterocycles. The average molecular weight is 337 g/mol. The molecule has 0 aliphatic rings. The van der Waals surface area contributed by atoms with Gasteiger partial charge in [0.1, 0.15) is 12.9 Å². The molecule has 1 amide bonds. The summed E-state index contributed by atoms with van der Waals surface area (Å²) < 4.78 is 6.67. The van der Waals surface area contributed by atoms with E-state index < -0.39 is 0 Å². The number of anilines is 1. The molecule has 9 nitrogen and oxygen atoms in total. The molecule has 0 unspecified atom stereocenters. The van der Waals surface area contributed by atoms with Gasteiger partial charge >= 0.3 is 0 Å². The smallest absolute Gasteiger partial charge is 0.247 e. The summed E-state index contributed by atoms with van der Waals surface area (Å²) in [6.07, 6.45) is 1.76. The van der Waals surface area contributed by atoms with E-state index in [9.17, 15) is 4.79 Å². The summed E-state index contributed by atoms with van der Waals surface area (Å²) in [4.78, 5) is 24.6. The van der Waals surface area contributed by atoms with Gasteiger partial charge in [-0.15, -0.1) is 0 Å². The van der Waals surface area contributed by atoms with Crippen molar-refractivity contribution in [1.82, 2.24) is 19.6 Å². The molecule has 3 N–H and O–H groups in total. The largest absolute Gasteiger partial charge is 0.475 e. The Morgan fingerprint density at radius 2 is 2.12 bits per heavy atom. The summed E-state index contributed by atoms with van der Waals surface area (Å²) in [5.74, 6) is 5.73. The van der Waals surface area contributed by atoms with Crippen LogP contribution in [0.3, 0.4) is 0 Å². The van der Waals surface area contributed by atoms with Gasteiger partial charge in [-0.05, 0) is 5.56 Å². The van der Waals surface area contributed by atoms with Crippen LogP contribution in [0.25, 0.3) is 11.2 Å². The second kappa shape index (κ2) is 7.27. The number of rotatable bonds is 6. The van der Waals surface area contributed by atoms with E-state index in [1.807, 2.05) is 36.4 Å². The number of carbonyl (C=O) groups is 1. The van der Waals surface area contributed by atoms with Crippen LogP contribution < -0.4 is 15.9 Å². The fourth-order valence-electron chi connectivity index (χ4n) is 2.19. The van der Waals surface area contributed by atoms with E-state index in [0.29, 0.717) is 11.2 Å². The number of nitrogens with one attached hydrogen (secondary N) is 1. The van der Waals surface area contributed by atoms with Gasteiger partial charge in [-0.25, -0.2) is 9.66 Å². The molecule has 25 heavy (non-hydrogen) atoms. The third kappa shape index (κ3) is 3.81. The minimum Gasteiger partial charge on any atom is -0.475 e. The van der Waals surface area contributed by atoms with Crippen molar-refractivity contribution in [2.75, 3.05) is 17.8 Å². The minimum atomic E-state index is -0.267. The number of carbonyl (C=O) groups excluding carboxylic acids is 1. The van der Waals surface area contributed by atoms with Crippen LogP contribution in [-0.2, 0) is 11.2 Å². The second-order valence-corrected chi connectivity index (χ2v) is 5.14. The van der Waals surface area contributed by atoms with Gasteiger partial charge in [-0.3, -0.25) is 10.1 Å². The van der Waals surface area contributed by atoms with Crippen LogP contribution in [0.1, 0.15) is 12.0 Å². The van der Waals surface area contributed by atoms with Crippen LogP contribution >= 0.6 is 0 Å². The van der Waals surface area contributed by atoms with Gasteiger partial charge in [0.05, 0.1) is 18.9 Å². The first-order valence-electron chi connectivity index (χ1n) is 7.51. The molecule has 3 rings (SSSR count). The van der Waals surface area contributed by atoms with Crippen molar-refractivity contribution in [3.8, 4) is 11.9 Å². The van der Waals surface area contributed by atoms with Crippen molar-refractivity contribution in [3.05, 3.63) is 42.2 Å². The van der Waals surface area contributed by atoms with Crippen LogP contribution in [0.5, 0.6) is 5.88 Å². The lowest BCUT2D eigenvalue weighted by atomic mass is 10.1. The quantitative estimate of drug-likeness (QED) is 0.507. The molecule has 0 radical (unpaired) electrons. The Labute approximate surface area is 143 Å². The lowest BCUT2D eigenvalue weighted by molar-refractivity contribution is -0.115. The Kier molecular flexibility index (Phi) is 4.71. The highest BCUT2D eigenvalue weighted by Crippen LogP contribution is 2.22. The first kappa shape index (κ1) is 16.2. The van der Waals surface area contributed by atoms with Gasteiger partial charge in [-0.2, -0.15) is 15.2 Å². The van der Waals surface area contributed by atoms with Crippen LogP contribution in [0, 0.1) is 11.3 Å². The summed E-state index contributed by atoms with van der Waals surface area (Å²) in [6.45, 7) is 0.150. The molecule has 0 spiro atoms. The molecule has 126 valence electrons. The predicted octanol–water partition coefficient (Wildman–Crippen LogP) is 1.01. The number of benzene rings is 1. The molecule has 0 saturated heterocycles. The van der Waals surface area contributed by atoms with E-state index in [1.54, 1.807) is 0 Å². The second-order valence-electron chi connectivity index (χ2n) is 5.14. The topological polar surface area (TPSA) is 132 Å². The number of nitriles is 1. The van der Waals surface area contributed by atoms with Crippen molar-refractivity contribution in [2.24, 2.45) is 0 Å². The maximum atomic E-state index is 12.2. The zero-order valence-corrected chi connectivity index (χ0v) is 13.2. The molecule has 0 fully saturated rings. The van der Waals surface area contributed by atoms with E-state index in [0.717, 1.165) is 5.56 Å². The number of ether oxygens (including phenoxy) is 1. The van der Waals surface area contributed by atoms with Gasteiger partial charge < -0.3 is 10.6 Å². The van der Waals surface area contributed by atoms with Gasteiger partial charge in [0.2, 0.25) is 17.7 Å². The summed E-state index contributed by atoms with van der Waals surface area (Å²) >= 11 is 0. The van der Waals surface area contributed by atoms with Crippen molar-refractivity contribution >= 4 is 23.0 Å². The highest BCUT2D eigenvalue weighted by atomic mass is 16.5. The minimum absolute atomic E-state index is 0.0626. The highest BCUT2D eigenvalue weighted by Gasteiger charge is 2.15. The van der Waals surface area contributed by atoms with Crippen molar-refractivity contribution in [3.63, 3.8) is 0 Å². The Balaban J connectivity index is 1.82. The Hall–Kier alpha value is -3.67. The number of nitrogen functional groups attached to an aromatic ring is 1. The highest BCUT2D eigenvalue weighted by molar-refractivity contribution is 5.91. The predicted molar refractivity (Wildman–Crippen MR) is 90.0 cm³/mol. The summed E-state index contributed by atoms with van der Waals surface area (Å²) in [5, 5.41) is 11.2. The summed E-state index contributed by atoms with van der Waals surface area (Å²) in [7, 11) is 0. The maximum absolute atomic E-state index is 12.2. The molecule has 2 aromatic heterocycles. The van der Waals surface area contributed by atoms with Gasteiger partial charge in [0.25, 0.3) is 0 Å². The first-order chi connectivity index (χ1) is 12.2. The molecule has 0 saturated carbocycles. The van der Waals surface area contributed by atoms with Gasteiger partial charge in [-0.1, -0.05) is 30.3 Å². The van der Waals surface area contributed by atoms with E-state index in [2.05, 4.69) is 20.3 Å². The van der Waals surface area contributed by atoms with Crippen molar-refractivity contribution in [2.45, 2.75) is 12.8 Å². The standard InChI is InChI=1S/C16H15N7O2/c17-7-4-8-25-15-13-14(23(18)10-19-13)21-16(22-15)20-12(24)9-11-5-2-1-3-6-11/h1-3,5-6,10H,4,8-9,18H2,(H,20,21,22,24). The zero-order chi connectivity index (χ0) is 17.6. The van der Waals surface area contributed by atoms with E-state index in [4.69, 9.17) is 15.8 Å². The molecule has 0 bridgehead atoms. The van der Waals surface area contributed by atoms with Gasteiger partial charge in [0, 0.05) is 0 Å². The number of amides is 1. The third-order valence-electron chi connectivity index (χ3n) is 3.30. The van der Waals surface area contributed by atoms with E-state index in [1.165, 1.54) is 11.0 Å². The SMILES string of the molecule is N#CCCOc1nc(NC(=O)Cc2ccccc2)nc2c1ncn2N. The first-order valence-corrected chi connectivity index (χ1v) is 7.51. The lowest BCUT2D eigenvalue weighted by Crippen LogP contribution is -2.17. The van der Waals surface area contributed by atoms with E-state index in [-0.39, 0.29) is 37.2 Å². The van der Waals surface area contributed by atoms with Crippen LogP contribution in [0.15, 0.2) is 36.7 Å². The Morgan fingerprint density at radius 1 is 1.32 bits per heavy atom. The Morgan fingerprint density at radius 3 is 2.88 bits per heavy atom. The molecular formula is C16H15N7O2. The average Bonchev–Trinajstić information content (AvgIpc) is 2.97.